The molecule has 0 radical (unpaired) electrons. The molecule has 4 aliphatic heterocycles. The van der Waals surface area contributed by atoms with Gasteiger partial charge in [-0.25, -0.2) is 0 Å². The van der Waals surface area contributed by atoms with Gasteiger partial charge in [0.2, 0.25) is 0 Å². The molecular weight excluding hydrogens is 199 g/mol. The Balaban J connectivity index is 2.08. The molecule has 4 heterocycles. The van der Waals surface area contributed by atoms with Crippen LogP contribution in [-0.2, 0) is 14.2 Å². The van der Waals surface area contributed by atoms with Crippen molar-refractivity contribution in [3.05, 3.63) is 0 Å². The summed E-state index contributed by atoms with van der Waals surface area (Å²) < 4.78 is 18.0. The molecule has 0 aromatic carbocycles. The fourth-order valence-electron chi connectivity index (χ4n) is 3.59. The van der Waals surface area contributed by atoms with Crippen molar-refractivity contribution in [1.29, 1.82) is 0 Å². The van der Waals surface area contributed by atoms with Gasteiger partial charge in [-0.15, -0.1) is 0 Å². The fraction of sp³-hybridized carbons (Fsp3) is 1.00. The Hall–Kier alpha value is 0.310. The van der Waals surface area contributed by atoms with E-state index in [-0.39, 0.29) is 10.7 Å². The lowest BCUT2D eigenvalue weighted by Gasteiger charge is -2.66. The third kappa shape index (κ3) is 1.19. The number of ether oxygens (including phenoxy) is 3. The van der Waals surface area contributed by atoms with E-state index in [0.717, 1.165) is 12.8 Å². The van der Waals surface area contributed by atoms with E-state index in [9.17, 15) is 0 Å². The molecule has 4 unspecified atom stereocenters. The van der Waals surface area contributed by atoms with Crippen LogP contribution >= 0.6 is 8.58 Å². The van der Waals surface area contributed by atoms with E-state index in [1.54, 1.807) is 0 Å². The molecule has 0 aromatic heterocycles. The monoisotopic (exact) mass is 216 g/mol. The van der Waals surface area contributed by atoms with Crippen LogP contribution in [0.4, 0.5) is 0 Å². The summed E-state index contributed by atoms with van der Waals surface area (Å²) in [4.78, 5) is 0. The Kier molecular flexibility index (Phi) is 1.49. The van der Waals surface area contributed by atoms with E-state index in [0.29, 0.717) is 8.58 Å². The van der Waals surface area contributed by atoms with Crippen LogP contribution < -0.4 is 0 Å². The summed E-state index contributed by atoms with van der Waals surface area (Å²) in [6.07, 6.45) is 1.70. The van der Waals surface area contributed by atoms with E-state index >= 15 is 0 Å². The predicted molar refractivity (Wildman–Crippen MR) is 54.4 cm³/mol. The van der Waals surface area contributed by atoms with Crippen LogP contribution in [-0.4, -0.2) is 22.3 Å². The van der Waals surface area contributed by atoms with Gasteiger partial charge in [0.25, 0.3) is 0 Å². The van der Waals surface area contributed by atoms with Crippen molar-refractivity contribution in [2.75, 3.05) is 0 Å². The molecule has 14 heavy (non-hydrogen) atoms. The van der Waals surface area contributed by atoms with Gasteiger partial charge in [-0.3, -0.25) is 0 Å². The van der Waals surface area contributed by atoms with Crippen molar-refractivity contribution < 1.29 is 14.2 Å². The van der Waals surface area contributed by atoms with Gasteiger partial charge in [-0.1, -0.05) is 8.58 Å². The van der Waals surface area contributed by atoms with Crippen molar-refractivity contribution in [2.45, 2.75) is 62.8 Å². The van der Waals surface area contributed by atoms with Gasteiger partial charge in [-0.05, 0) is 27.7 Å². The molecule has 80 valence electrons. The molecule has 4 saturated heterocycles. The maximum Gasteiger partial charge on any atom is 0.173 e. The van der Waals surface area contributed by atoms with Crippen molar-refractivity contribution in [1.82, 2.24) is 0 Å². The van der Waals surface area contributed by atoms with Crippen molar-refractivity contribution >= 4 is 8.58 Å². The highest BCUT2D eigenvalue weighted by Gasteiger charge is 2.66. The van der Waals surface area contributed by atoms with Crippen LogP contribution in [0.1, 0.15) is 40.5 Å². The second-order valence-electron chi connectivity index (χ2n) is 5.51. The van der Waals surface area contributed by atoms with E-state index in [2.05, 4.69) is 13.8 Å². The fourth-order valence-corrected chi connectivity index (χ4v) is 6.06. The van der Waals surface area contributed by atoms with Gasteiger partial charge in [0.15, 0.2) is 11.6 Å². The second kappa shape index (κ2) is 2.20. The SMILES string of the molecule is CC12CC3(C)OC(C)(CC(C)(O1)P3)O2. The van der Waals surface area contributed by atoms with Gasteiger partial charge < -0.3 is 14.2 Å². The van der Waals surface area contributed by atoms with E-state index < -0.39 is 11.6 Å². The molecule has 4 rings (SSSR count). The summed E-state index contributed by atoms with van der Waals surface area (Å²) in [5, 5.41) is -0.0694. The molecule has 0 aliphatic carbocycles. The topological polar surface area (TPSA) is 27.7 Å². The van der Waals surface area contributed by atoms with Crippen molar-refractivity contribution in [3.63, 3.8) is 0 Å². The van der Waals surface area contributed by atoms with E-state index in [1.807, 2.05) is 13.8 Å². The lowest BCUT2D eigenvalue weighted by Crippen LogP contribution is -2.69. The largest absolute Gasteiger partial charge is 0.339 e. The van der Waals surface area contributed by atoms with Crippen molar-refractivity contribution in [3.8, 4) is 0 Å². The van der Waals surface area contributed by atoms with Crippen LogP contribution in [0.25, 0.3) is 0 Å². The lowest BCUT2D eigenvalue weighted by molar-refractivity contribution is -0.467. The minimum atomic E-state index is -0.431. The lowest BCUT2D eigenvalue weighted by atomic mass is 9.98. The van der Waals surface area contributed by atoms with Crippen LogP contribution in [0.3, 0.4) is 0 Å². The second-order valence-corrected chi connectivity index (χ2v) is 7.88. The van der Waals surface area contributed by atoms with Gasteiger partial charge in [-0.2, -0.15) is 0 Å². The summed E-state index contributed by atoms with van der Waals surface area (Å²) in [5.41, 5.74) is 0. The first-order valence-electron chi connectivity index (χ1n) is 5.14. The Morgan fingerprint density at radius 3 is 1.57 bits per heavy atom. The quantitative estimate of drug-likeness (QED) is 0.582. The van der Waals surface area contributed by atoms with Gasteiger partial charge in [0.1, 0.15) is 0 Å². The molecule has 0 aromatic rings. The first kappa shape index (κ1) is 9.53. The Bertz CT molecular complexity index is 208. The molecule has 4 heteroatoms. The summed E-state index contributed by atoms with van der Waals surface area (Å²) in [6, 6.07) is 0. The third-order valence-corrected chi connectivity index (χ3v) is 4.78. The summed E-state index contributed by atoms with van der Waals surface area (Å²) >= 11 is 0. The highest BCUT2D eigenvalue weighted by atomic mass is 31.1. The van der Waals surface area contributed by atoms with Crippen LogP contribution in [0.2, 0.25) is 0 Å². The normalized spacial score (nSPS) is 67.7. The average Bonchev–Trinajstić information content (AvgIpc) is 1.67. The zero-order valence-corrected chi connectivity index (χ0v) is 10.1. The summed E-state index contributed by atoms with van der Waals surface area (Å²) in [7, 11) is 0.713. The minimum absolute atomic E-state index is 0.0347. The zero-order valence-electron chi connectivity index (χ0n) is 9.14. The molecule has 0 N–H and O–H groups in total. The van der Waals surface area contributed by atoms with Crippen LogP contribution in [0.15, 0.2) is 0 Å². The first-order valence-corrected chi connectivity index (χ1v) is 6.14. The third-order valence-electron chi connectivity index (χ3n) is 3.16. The number of hydrogen-bond donors (Lipinski definition) is 0. The van der Waals surface area contributed by atoms with Crippen LogP contribution in [0.5, 0.6) is 0 Å². The number of rotatable bonds is 0. The van der Waals surface area contributed by atoms with Gasteiger partial charge >= 0.3 is 0 Å². The van der Waals surface area contributed by atoms with Crippen molar-refractivity contribution in [2.24, 2.45) is 0 Å². The van der Waals surface area contributed by atoms with Gasteiger partial charge in [0.05, 0.1) is 10.7 Å². The molecule has 3 nitrogen and oxygen atoms in total. The highest BCUT2D eigenvalue weighted by molar-refractivity contribution is 7.41. The summed E-state index contributed by atoms with van der Waals surface area (Å²) in [5.74, 6) is -0.861. The maximum atomic E-state index is 6.04. The standard InChI is InChI=1S/C10H17O3P/c1-7-5-9(3)13-8(2,11-7)6-10(4,12-7)14-9/h14H,5-6H2,1-4H3. The molecule has 4 bridgehead atoms. The zero-order chi connectivity index (χ0) is 10.2. The minimum Gasteiger partial charge on any atom is -0.339 e. The molecule has 0 saturated carbocycles. The molecule has 0 amide bonds. The molecule has 4 aliphatic rings. The Morgan fingerprint density at radius 1 is 0.786 bits per heavy atom. The van der Waals surface area contributed by atoms with E-state index in [1.165, 1.54) is 0 Å². The molecular formula is C10H17O3P. The molecule has 4 fully saturated rings. The molecule has 4 atom stereocenters. The maximum absolute atomic E-state index is 6.04. The predicted octanol–water partition coefficient (Wildman–Crippen LogP) is 2.40. The average molecular weight is 216 g/mol. The smallest absolute Gasteiger partial charge is 0.173 e. The highest BCUT2D eigenvalue weighted by Crippen LogP contribution is 2.67. The summed E-state index contributed by atoms with van der Waals surface area (Å²) in [6.45, 7) is 8.44. The van der Waals surface area contributed by atoms with Gasteiger partial charge in [0, 0.05) is 12.8 Å². The Morgan fingerprint density at radius 2 is 1.21 bits per heavy atom. The van der Waals surface area contributed by atoms with Crippen LogP contribution in [0, 0.1) is 0 Å². The Labute approximate surface area is 86.3 Å². The van der Waals surface area contributed by atoms with E-state index in [4.69, 9.17) is 14.2 Å². The molecule has 0 spiro atoms. The number of hydrogen-bond acceptors (Lipinski definition) is 3. The first-order chi connectivity index (χ1) is 6.24.